The van der Waals surface area contributed by atoms with E-state index in [1.54, 1.807) is 0 Å². The first-order valence-corrected chi connectivity index (χ1v) is 11.5. The molecule has 1 aromatic carbocycles. The third-order valence-electron chi connectivity index (χ3n) is 6.38. The van der Waals surface area contributed by atoms with E-state index in [2.05, 4.69) is 10.4 Å². The highest BCUT2D eigenvalue weighted by Crippen LogP contribution is 2.35. The van der Waals surface area contributed by atoms with E-state index in [-0.39, 0.29) is 28.1 Å². The van der Waals surface area contributed by atoms with E-state index in [1.165, 1.54) is 18.2 Å². The number of hydrogen-bond acceptors (Lipinski definition) is 6. The van der Waals surface area contributed by atoms with E-state index >= 15 is 0 Å². The summed E-state index contributed by atoms with van der Waals surface area (Å²) in [6.07, 6.45) is 7.13. The van der Waals surface area contributed by atoms with E-state index in [0.29, 0.717) is 0 Å². The number of benzene rings is 1. The Morgan fingerprint density at radius 1 is 1.12 bits per heavy atom. The molecule has 32 heavy (non-hydrogen) atoms. The summed E-state index contributed by atoms with van der Waals surface area (Å²) in [5, 5.41) is 17.3. The van der Waals surface area contributed by atoms with Crippen LogP contribution < -0.4 is 22.3 Å². The van der Waals surface area contributed by atoms with Crippen molar-refractivity contribution in [3.8, 4) is 5.69 Å². The molecule has 1 aromatic heterocycles. The minimum atomic E-state index is -0.973. The highest BCUT2D eigenvalue weighted by molar-refractivity contribution is 6.33. The van der Waals surface area contributed by atoms with E-state index in [0.717, 1.165) is 66.8 Å². The molecule has 4 rings (SSSR count). The number of nitrogens with one attached hydrogen (secondary N) is 1. The third-order valence-corrected chi connectivity index (χ3v) is 6.71. The fourth-order valence-electron chi connectivity index (χ4n) is 4.29. The van der Waals surface area contributed by atoms with Crippen LogP contribution in [0.5, 0.6) is 0 Å². The Labute approximate surface area is 190 Å². The molecule has 2 atom stereocenters. The van der Waals surface area contributed by atoms with Gasteiger partial charge in [0.05, 0.1) is 22.4 Å². The predicted molar refractivity (Wildman–Crippen MR) is 120 cm³/mol. The normalized spacial score (nSPS) is 19.2. The maximum atomic E-state index is 13.0. The molecule has 0 radical (unpaired) electrons. The van der Waals surface area contributed by atoms with Crippen molar-refractivity contribution in [2.24, 2.45) is 17.6 Å². The summed E-state index contributed by atoms with van der Waals surface area (Å²) < 4.78 is 2.02. The molecule has 2 aliphatic rings. The van der Waals surface area contributed by atoms with Gasteiger partial charge in [-0.05, 0) is 49.8 Å². The Kier molecular flexibility index (Phi) is 6.78. The number of rotatable bonds is 6. The highest BCUT2D eigenvalue weighted by atomic mass is 35.5. The summed E-state index contributed by atoms with van der Waals surface area (Å²) in [6.45, 7) is 0. The lowest BCUT2D eigenvalue weighted by molar-refractivity contribution is 0.0532. The first kappa shape index (κ1) is 22.7. The summed E-state index contributed by atoms with van der Waals surface area (Å²) in [7, 11) is 0. The quantitative estimate of drug-likeness (QED) is 0.444. The van der Waals surface area contributed by atoms with Gasteiger partial charge < -0.3 is 16.2 Å². The van der Waals surface area contributed by atoms with Crippen LogP contribution in [0.2, 0.25) is 5.02 Å². The molecule has 0 spiro atoms. The first-order valence-electron chi connectivity index (χ1n) is 11.1. The molecule has 2 saturated carbocycles. The molecular weight excluding hydrogens is 434 g/mol. The minimum Gasteiger partial charge on any atom is -0.373 e. The number of halogens is 1. The lowest BCUT2D eigenvalue weighted by atomic mass is 9.98. The van der Waals surface area contributed by atoms with Gasteiger partial charge in [-0.25, -0.2) is 9.36 Å². The second kappa shape index (κ2) is 9.56. The van der Waals surface area contributed by atoms with Crippen LogP contribution in [-0.4, -0.2) is 31.6 Å². The summed E-state index contributed by atoms with van der Waals surface area (Å²) >= 11 is 6.24. The van der Waals surface area contributed by atoms with Crippen LogP contribution in [0.4, 0.5) is 0 Å². The van der Waals surface area contributed by atoms with Gasteiger partial charge in [0.15, 0.2) is 0 Å². The monoisotopic (exact) mass is 461 g/mol. The molecule has 2 aromatic rings. The molecule has 2 fully saturated rings. The maximum absolute atomic E-state index is 13.0. The van der Waals surface area contributed by atoms with E-state index in [4.69, 9.17) is 17.3 Å². The summed E-state index contributed by atoms with van der Waals surface area (Å²) in [5.74, 6) is -0.446. The molecule has 172 valence electrons. The van der Waals surface area contributed by atoms with Crippen LogP contribution in [-0.2, 0) is 0 Å². The number of nitrogens with zero attached hydrogens (tertiary/aromatic N) is 3. The van der Waals surface area contributed by atoms with Gasteiger partial charge in [-0.3, -0.25) is 9.59 Å². The van der Waals surface area contributed by atoms with Gasteiger partial charge in [0.1, 0.15) is 12.4 Å². The van der Waals surface area contributed by atoms with Crippen molar-refractivity contribution in [1.29, 1.82) is 0 Å². The highest BCUT2D eigenvalue weighted by Gasteiger charge is 2.32. The second-order valence-corrected chi connectivity index (χ2v) is 9.12. The van der Waals surface area contributed by atoms with Gasteiger partial charge in [0, 0.05) is 5.92 Å². The predicted octanol–water partition coefficient (Wildman–Crippen LogP) is 1.93. The van der Waals surface area contributed by atoms with Crippen LogP contribution >= 0.6 is 11.6 Å². The van der Waals surface area contributed by atoms with Crippen molar-refractivity contribution < 1.29 is 9.90 Å². The number of aliphatic hydroxyl groups is 1. The molecule has 4 N–H and O–H groups in total. The summed E-state index contributed by atoms with van der Waals surface area (Å²) in [6, 6.07) is 4.43. The van der Waals surface area contributed by atoms with Crippen LogP contribution in [0.25, 0.3) is 5.69 Å². The van der Waals surface area contributed by atoms with Gasteiger partial charge in [-0.15, -0.1) is 0 Å². The smallest absolute Gasteiger partial charge is 0.353 e. The number of nitrogens with two attached hydrogens (primary N) is 1. The van der Waals surface area contributed by atoms with Gasteiger partial charge in [-0.2, -0.15) is 9.78 Å². The van der Waals surface area contributed by atoms with E-state index in [9.17, 15) is 19.5 Å². The van der Waals surface area contributed by atoms with Crippen molar-refractivity contribution in [1.82, 2.24) is 19.7 Å². The van der Waals surface area contributed by atoms with Crippen LogP contribution in [0.3, 0.4) is 0 Å². The average Bonchev–Trinajstić information content (AvgIpc) is 3.61. The molecule has 2 aliphatic carbocycles. The Balaban J connectivity index is 1.60. The maximum Gasteiger partial charge on any atom is 0.353 e. The number of amides is 1. The lowest BCUT2D eigenvalue weighted by Gasteiger charge is -2.22. The number of carbonyl (C=O) groups excluding carboxylic acids is 1. The average molecular weight is 462 g/mol. The van der Waals surface area contributed by atoms with Crippen LogP contribution in [0.1, 0.15) is 67.9 Å². The Morgan fingerprint density at radius 2 is 1.81 bits per heavy atom. The SMILES string of the molecule is NC(C1CC1)n1c(=O)cnn(-c2ccc(Cl)c(C(=O)NC(O)C3CCCCCC3)c2)c1=O. The van der Waals surface area contributed by atoms with E-state index < -0.39 is 29.5 Å². The summed E-state index contributed by atoms with van der Waals surface area (Å²) in [4.78, 5) is 38.0. The number of hydrogen-bond donors (Lipinski definition) is 3. The molecule has 0 bridgehead atoms. The Bertz CT molecular complexity index is 1100. The second-order valence-electron chi connectivity index (χ2n) is 8.71. The van der Waals surface area contributed by atoms with Crippen molar-refractivity contribution in [2.75, 3.05) is 0 Å². The standard InChI is InChI=1S/C22H28ClN5O4/c23-17-10-9-15(28-22(32)27(18(29)12-25-28)19(24)13-7-8-13)11-16(17)21(31)26-20(30)14-5-3-1-2-4-6-14/h9-14,19-20,30H,1-8,24H2,(H,26,31). The number of aliphatic hydroxyl groups excluding tert-OH is 1. The Morgan fingerprint density at radius 3 is 2.47 bits per heavy atom. The lowest BCUT2D eigenvalue weighted by Crippen LogP contribution is -2.45. The van der Waals surface area contributed by atoms with Crippen molar-refractivity contribution >= 4 is 17.5 Å². The fourth-order valence-corrected chi connectivity index (χ4v) is 4.49. The van der Waals surface area contributed by atoms with Crippen LogP contribution in [0, 0.1) is 11.8 Å². The third kappa shape index (κ3) is 4.79. The minimum absolute atomic E-state index is 0.000151. The van der Waals surface area contributed by atoms with Crippen molar-refractivity contribution in [2.45, 2.75) is 63.8 Å². The van der Waals surface area contributed by atoms with Crippen molar-refractivity contribution in [3.05, 3.63) is 55.8 Å². The van der Waals surface area contributed by atoms with Gasteiger partial charge in [-0.1, -0.05) is 37.3 Å². The molecule has 0 aliphatic heterocycles. The molecule has 0 saturated heterocycles. The number of carbonyl (C=O) groups is 1. The van der Waals surface area contributed by atoms with E-state index in [1.807, 2.05) is 0 Å². The molecular formula is C22H28ClN5O4. The topological polar surface area (TPSA) is 132 Å². The Hall–Kier alpha value is -2.49. The van der Waals surface area contributed by atoms with Crippen molar-refractivity contribution in [3.63, 3.8) is 0 Å². The zero-order valence-corrected chi connectivity index (χ0v) is 18.5. The first-order chi connectivity index (χ1) is 15.4. The zero-order chi connectivity index (χ0) is 22.8. The fraction of sp³-hybridized carbons (Fsp3) is 0.545. The molecule has 2 unspecified atom stereocenters. The molecule has 1 amide bonds. The summed E-state index contributed by atoms with van der Waals surface area (Å²) in [5.41, 5.74) is 5.23. The zero-order valence-electron chi connectivity index (χ0n) is 17.7. The van der Waals surface area contributed by atoms with Gasteiger partial charge >= 0.3 is 5.69 Å². The molecule has 9 nitrogen and oxygen atoms in total. The number of aromatic nitrogens is 3. The molecule has 10 heteroatoms. The van der Waals surface area contributed by atoms with Crippen LogP contribution in [0.15, 0.2) is 34.0 Å². The largest absolute Gasteiger partial charge is 0.373 e. The molecule has 1 heterocycles. The van der Waals surface area contributed by atoms with Gasteiger partial charge in [0.25, 0.3) is 11.5 Å². The van der Waals surface area contributed by atoms with Gasteiger partial charge in [0.2, 0.25) is 0 Å².